The van der Waals surface area contributed by atoms with Crippen molar-refractivity contribution in [2.75, 3.05) is 40.5 Å². The van der Waals surface area contributed by atoms with Gasteiger partial charge in [-0.3, -0.25) is 14.9 Å². The maximum atomic E-state index is 13.5. The van der Waals surface area contributed by atoms with Crippen LogP contribution in [0.25, 0.3) is 10.2 Å². The molecule has 1 aliphatic heterocycles. The molecule has 0 aliphatic carbocycles. The molecule has 2 aromatic rings. The topological polar surface area (TPSA) is 60.5 Å². The predicted octanol–water partition coefficient (Wildman–Crippen LogP) is 2.35. The van der Waals surface area contributed by atoms with Crippen LogP contribution in [0.5, 0.6) is 0 Å². The number of para-hydroxylation sites is 1. The van der Waals surface area contributed by atoms with Crippen LogP contribution in [0.3, 0.4) is 0 Å². The van der Waals surface area contributed by atoms with Crippen molar-refractivity contribution >= 4 is 26.7 Å². The van der Waals surface area contributed by atoms with Gasteiger partial charge in [-0.15, -0.1) is 0 Å². The molecule has 1 aromatic heterocycles. The minimum absolute atomic E-state index is 0.164. The quantitative estimate of drug-likeness (QED) is 0.478. The van der Waals surface area contributed by atoms with Crippen LogP contribution in [0, 0.1) is 5.21 Å². The predicted molar refractivity (Wildman–Crippen MR) is 95.2 cm³/mol. The first-order valence-electron chi connectivity index (χ1n) is 7.99. The average molecular weight is 336 g/mol. The lowest BCUT2D eigenvalue weighted by atomic mass is 10.3. The van der Waals surface area contributed by atoms with Crippen LogP contribution in [0.4, 0.5) is 5.13 Å². The van der Waals surface area contributed by atoms with Crippen LogP contribution in [-0.2, 0) is 4.74 Å². The van der Waals surface area contributed by atoms with Gasteiger partial charge in [-0.25, -0.2) is 0 Å². The molecule has 1 fully saturated rings. The van der Waals surface area contributed by atoms with Gasteiger partial charge in [-0.2, -0.15) is 4.98 Å². The number of methoxy groups -OCH3 is 1. The van der Waals surface area contributed by atoms with Crippen LogP contribution in [0.1, 0.15) is 12.8 Å². The summed E-state index contributed by atoms with van der Waals surface area (Å²) in [4.78, 5) is 6.68. The number of unbranched alkanes of at least 4 members (excludes halogenated alkanes) is 1. The van der Waals surface area contributed by atoms with Crippen molar-refractivity contribution < 1.29 is 4.74 Å². The molecule has 7 heteroatoms. The highest BCUT2D eigenvalue weighted by Crippen LogP contribution is 2.36. The number of hydroxylamine groups is 2. The fraction of sp³-hybridized carbons (Fsp3) is 0.562. The van der Waals surface area contributed by atoms with E-state index in [0.29, 0.717) is 11.8 Å². The van der Waals surface area contributed by atoms with E-state index in [0.717, 1.165) is 42.8 Å². The van der Waals surface area contributed by atoms with Gasteiger partial charge < -0.3 is 9.94 Å². The number of nitrogens with one attached hydrogen (secondary N) is 1. The zero-order chi connectivity index (χ0) is 16.3. The van der Waals surface area contributed by atoms with E-state index in [4.69, 9.17) is 4.74 Å². The molecule has 0 radical (unpaired) electrons. The number of hydrogen-bond acceptors (Lipinski definition) is 6. The number of thiazole rings is 1. The van der Waals surface area contributed by atoms with E-state index in [2.05, 4.69) is 15.2 Å². The maximum Gasteiger partial charge on any atom is 0.289 e. The molecule has 1 aliphatic rings. The molecule has 1 aromatic carbocycles. The van der Waals surface area contributed by atoms with Gasteiger partial charge in [0.2, 0.25) is 0 Å². The molecule has 0 saturated carbocycles. The van der Waals surface area contributed by atoms with Gasteiger partial charge in [-0.1, -0.05) is 23.5 Å². The zero-order valence-electron chi connectivity index (χ0n) is 13.7. The summed E-state index contributed by atoms with van der Waals surface area (Å²) in [5.41, 5.74) is 0.911. The number of nitrogens with zero attached hydrogens (tertiary/aromatic N) is 3. The Morgan fingerprint density at radius 3 is 3.04 bits per heavy atom. The van der Waals surface area contributed by atoms with E-state index < -0.39 is 4.65 Å². The number of rotatable bonds is 7. The second-order valence-electron chi connectivity index (χ2n) is 6.11. The maximum absolute atomic E-state index is 13.5. The van der Waals surface area contributed by atoms with Crippen LogP contribution < -0.4 is 9.96 Å². The van der Waals surface area contributed by atoms with Crippen LogP contribution in [-0.4, -0.2) is 56.6 Å². The van der Waals surface area contributed by atoms with Gasteiger partial charge in [0.15, 0.2) is 6.17 Å². The number of hydrogen-bond donors (Lipinski definition) is 1. The van der Waals surface area contributed by atoms with Crippen molar-refractivity contribution in [2.24, 2.45) is 0 Å². The van der Waals surface area contributed by atoms with Gasteiger partial charge >= 0.3 is 0 Å². The monoisotopic (exact) mass is 336 g/mol. The number of quaternary nitrogens is 1. The number of benzene rings is 1. The molecular weight excluding hydrogens is 312 g/mol. The second kappa shape index (κ2) is 7.21. The molecule has 6 nitrogen and oxygen atoms in total. The summed E-state index contributed by atoms with van der Waals surface area (Å²) in [5.74, 6) is 0. The van der Waals surface area contributed by atoms with Crippen molar-refractivity contribution in [1.29, 1.82) is 0 Å². The summed E-state index contributed by atoms with van der Waals surface area (Å²) in [6.07, 6.45) is 1.85. The van der Waals surface area contributed by atoms with Gasteiger partial charge in [0.25, 0.3) is 5.13 Å². The molecule has 1 N–H and O–H groups in total. The molecule has 0 spiro atoms. The normalized spacial score (nSPS) is 25.4. The fourth-order valence-corrected chi connectivity index (χ4v) is 4.05. The van der Waals surface area contributed by atoms with Crippen molar-refractivity contribution in [3.63, 3.8) is 0 Å². The van der Waals surface area contributed by atoms with E-state index in [1.54, 1.807) is 7.11 Å². The third-order valence-electron chi connectivity index (χ3n) is 4.20. The van der Waals surface area contributed by atoms with Gasteiger partial charge in [0, 0.05) is 20.3 Å². The Morgan fingerprint density at radius 2 is 2.26 bits per heavy atom. The Kier molecular flexibility index (Phi) is 5.25. The number of aromatic nitrogens is 1. The van der Waals surface area contributed by atoms with E-state index in [1.807, 2.05) is 31.3 Å². The summed E-state index contributed by atoms with van der Waals surface area (Å²) in [5, 5.41) is 17.6. The second-order valence-corrected chi connectivity index (χ2v) is 7.12. The molecule has 2 unspecified atom stereocenters. The summed E-state index contributed by atoms with van der Waals surface area (Å²) < 4.78 is 5.74. The Bertz CT molecular complexity index is 617. The third-order valence-corrected chi connectivity index (χ3v) is 5.35. The van der Waals surface area contributed by atoms with Crippen molar-refractivity contribution in [3.05, 3.63) is 29.5 Å². The molecule has 3 rings (SSSR count). The highest BCUT2D eigenvalue weighted by Gasteiger charge is 2.41. The first kappa shape index (κ1) is 16.8. The van der Waals surface area contributed by atoms with Gasteiger partial charge in [0.1, 0.15) is 6.67 Å². The molecule has 0 amide bonds. The lowest BCUT2D eigenvalue weighted by Crippen LogP contribution is -2.56. The Labute approximate surface area is 140 Å². The van der Waals surface area contributed by atoms with E-state index in [1.165, 1.54) is 11.3 Å². The SMILES string of the molecule is COCCCCNC1CN(C)C[N+]1([O-])c1nc2ccccc2s1. The van der Waals surface area contributed by atoms with Crippen molar-refractivity contribution in [1.82, 2.24) is 19.8 Å². The van der Waals surface area contributed by atoms with Crippen LogP contribution in [0.15, 0.2) is 24.3 Å². The number of fused-ring (bicyclic) bond motifs is 1. The standard InChI is InChI=1S/C16H24N4O2S/c1-19-11-15(17-9-5-6-10-22-2)20(21,12-19)16-18-13-7-3-4-8-14(13)23-16/h3-4,7-8,15,17H,5-6,9-12H2,1-2H3. The van der Waals surface area contributed by atoms with E-state index in [-0.39, 0.29) is 6.17 Å². The van der Waals surface area contributed by atoms with Crippen molar-refractivity contribution in [2.45, 2.75) is 19.0 Å². The number of likely N-dealkylation sites (N-methyl/N-ethyl adjacent to an activating group) is 1. The molecule has 0 bridgehead atoms. The molecular formula is C16H24N4O2S. The first-order valence-corrected chi connectivity index (χ1v) is 8.81. The molecule has 126 valence electrons. The van der Waals surface area contributed by atoms with E-state index >= 15 is 0 Å². The van der Waals surface area contributed by atoms with Gasteiger partial charge in [-0.05, 0) is 32.0 Å². The lowest BCUT2D eigenvalue weighted by molar-refractivity contribution is 0.191. The van der Waals surface area contributed by atoms with Gasteiger partial charge in [0.05, 0.1) is 16.8 Å². The first-order chi connectivity index (χ1) is 11.1. The number of ether oxygens (including phenoxy) is 1. The zero-order valence-corrected chi connectivity index (χ0v) is 14.5. The molecule has 23 heavy (non-hydrogen) atoms. The Balaban J connectivity index is 1.73. The molecule has 2 atom stereocenters. The summed E-state index contributed by atoms with van der Waals surface area (Å²) >= 11 is 1.51. The minimum Gasteiger partial charge on any atom is -0.623 e. The minimum atomic E-state index is -0.403. The molecule has 2 heterocycles. The summed E-state index contributed by atoms with van der Waals surface area (Å²) in [6.45, 7) is 2.77. The van der Waals surface area contributed by atoms with Crippen LogP contribution >= 0.6 is 11.3 Å². The summed E-state index contributed by atoms with van der Waals surface area (Å²) in [7, 11) is 3.71. The van der Waals surface area contributed by atoms with Crippen LogP contribution in [0.2, 0.25) is 0 Å². The van der Waals surface area contributed by atoms with E-state index in [9.17, 15) is 5.21 Å². The Hall–Kier alpha value is -1.09. The smallest absolute Gasteiger partial charge is 0.289 e. The largest absolute Gasteiger partial charge is 0.623 e. The highest BCUT2D eigenvalue weighted by molar-refractivity contribution is 7.22. The third kappa shape index (κ3) is 3.55. The lowest BCUT2D eigenvalue weighted by Gasteiger charge is -2.40. The summed E-state index contributed by atoms with van der Waals surface area (Å²) in [6, 6.07) is 7.94. The fourth-order valence-electron chi connectivity index (χ4n) is 3.01. The highest BCUT2D eigenvalue weighted by atomic mass is 32.1. The molecule has 1 saturated heterocycles. The van der Waals surface area contributed by atoms with Crippen molar-refractivity contribution in [3.8, 4) is 0 Å². The Morgan fingerprint density at radius 1 is 1.43 bits per heavy atom. The average Bonchev–Trinajstić information content (AvgIpc) is 3.09.